The van der Waals surface area contributed by atoms with E-state index in [0.717, 1.165) is 6.07 Å². The number of hydrogen-bond acceptors (Lipinski definition) is 2. The van der Waals surface area contributed by atoms with Crippen molar-refractivity contribution in [1.82, 2.24) is 0 Å². The Morgan fingerprint density at radius 2 is 1.88 bits per heavy atom. The lowest BCUT2D eigenvalue weighted by Crippen LogP contribution is -2.18. The summed E-state index contributed by atoms with van der Waals surface area (Å²) >= 11 is 3.08. The van der Waals surface area contributed by atoms with Gasteiger partial charge in [0.25, 0.3) is 0 Å². The lowest BCUT2D eigenvalue weighted by molar-refractivity contribution is -0.325. The second-order valence-corrected chi connectivity index (χ2v) is 3.63. The normalized spacial score (nSPS) is 11.6. The van der Waals surface area contributed by atoms with Crippen molar-refractivity contribution in [3.63, 3.8) is 0 Å². The second kappa shape index (κ2) is 5.49. The maximum absolute atomic E-state index is 13.0. The van der Waals surface area contributed by atoms with E-state index in [1.807, 2.05) is 0 Å². The van der Waals surface area contributed by atoms with Crippen LogP contribution in [0, 0.1) is 5.82 Å². The van der Waals surface area contributed by atoms with Gasteiger partial charge in [0.1, 0.15) is 6.61 Å². The van der Waals surface area contributed by atoms with E-state index in [-0.39, 0.29) is 12.4 Å². The molecule has 0 radical (unpaired) electrons. The third-order valence-electron chi connectivity index (χ3n) is 1.50. The lowest BCUT2D eigenvalue weighted by atomic mass is 10.3. The highest BCUT2D eigenvalue weighted by Gasteiger charge is 2.28. The molecule has 0 bridgehead atoms. The van der Waals surface area contributed by atoms with Gasteiger partial charge in [0.15, 0.2) is 11.6 Å². The van der Waals surface area contributed by atoms with E-state index >= 15 is 0 Å². The Bertz CT molecular complexity index is 354. The number of hydrogen-bond donors (Lipinski definition) is 0. The quantitative estimate of drug-likeness (QED) is 0.626. The first-order valence-corrected chi connectivity index (χ1v) is 4.96. The fourth-order valence-corrected chi connectivity index (χ4v) is 1.24. The highest BCUT2D eigenvalue weighted by Crippen LogP contribution is 2.22. The molecule has 1 aromatic carbocycles. The van der Waals surface area contributed by atoms with Crippen LogP contribution >= 0.6 is 15.9 Å². The van der Waals surface area contributed by atoms with Gasteiger partial charge in [-0.2, -0.15) is 0 Å². The molecule has 0 aliphatic heterocycles. The number of benzene rings is 1. The molecule has 0 saturated carbocycles. The van der Waals surface area contributed by atoms with Gasteiger partial charge >= 0.3 is 6.36 Å². The molecular weight excluding hydrogens is 296 g/mol. The first kappa shape index (κ1) is 13.2. The second-order valence-electron chi connectivity index (χ2n) is 2.72. The predicted molar refractivity (Wildman–Crippen MR) is 51.6 cm³/mol. The summed E-state index contributed by atoms with van der Waals surface area (Å²) in [6.07, 6.45) is -4.70. The van der Waals surface area contributed by atoms with Crippen molar-refractivity contribution >= 4 is 15.9 Å². The minimum atomic E-state index is -4.70. The van der Waals surface area contributed by atoms with E-state index in [1.165, 1.54) is 12.1 Å². The van der Waals surface area contributed by atoms with E-state index in [1.54, 1.807) is 0 Å². The zero-order chi connectivity index (χ0) is 12.2. The van der Waals surface area contributed by atoms with Gasteiger partial charge in [-0.15, -0.1) is 13.2 Å². The van der Waals surface area contributed by atoms with Gasteiger partial charge in [0.05, 0.1) is 6.61 Å². The molecule has 0 unspecified atom stereocenters. The van der Waals surface area contributed by atoms with Crippen molar-refractivity contribution in [3.8, 4) is 5.75 Å². The summed E-state index contributed by atoms with van der Waals surface area (Å²) in [6.45, 7) is -1.07. The number of halogens is 5. The maximum Gasteiger partial charge on any atom is 0.522 e. The van der Waals surface area contributed by atoms with Crippen LogP contribution in [-0.2, 0) is 4.74 Å². The summed E-state index contributed by atoms with van der Waals surface area (Å²) in [7, 11) is 0. The summed E-state index contributed by atoms with van der Waals surface area (Å²) in [4.78, 5) is 0. The average Bonchev–Trinajstić information content (AvgIpc) is 2.16. The van der Waals surface area contributed by atoms with E-state index in [0.29, 0.717) is 4.47 Å². The van der Waals surface area contributed by atoms with Crippen LogP contribution in [0.25, 0.3) is 0 Å². The fraction of sp³-hybridized carbons (Fsp3) is 0.333. The summed E-state index contributed by atoms with van der Waals surface area (Å²) in [5, 5.41) is 0. The van der Waals surface area contributed by atoms with Crippen molar-refractivity contribution in [1.29, 1.82) is 0 Å². The Morgan fingerprint density at radius 1 is 1.19 bits per heavy atom. The summed E-state index contributed by atoms with van der Waals surface area (Å²) < 4.78 is 56.5. The van der Waals surface area contributed by atoms with E-state index in [2.05, 4.69) is 20.7 Å². The van der Waals surface area contributed by atoms with Gasteiger partial charge in [-0.05, 0) is 18.2 Å². The SMILES string of the molecule is Fc1ccc(Br)cc1OCCOC(F)(F)F. The Labute approximate surface area is 97.3 Å². The minimum Gasteiger partial charge on any atom is -0.488 e. The van der Waals surface area contributed by atoms with Crippen molar-refractivity contribution in [3.05, 3.63) is 28.5 Å². The highest BCUT2D eigenvalue weighted by molar-refractivity contribution is 9.10. The Balaban J connectivity index is 2.40. The Morgan fingerprint density at radius 3 is 2.50 bits per heavy atom. The Hall–Kier alpha value is -0.820. The first-order chi connectivity index (χ1) is 7.38. The topological polar surface area (TPSA) is 18.5 Å². The lowest BCUT2D eigenvalue weighted by Gasteiger charge is -2.09. The van der Waals surface area contributed by atoms with Crippen molar-refractivity contribution in [2.24, 2.45) is 0 Å². The maximum atomic E-state index is 13.0. The first-order valence-electron chi connectivity index (χ1n) is 4.17. The summed E-state index contributed by atoms with van der Waals surface area (Å²) in [5.74, 6) is -0.768. The van der Waals surface area contributed by atoms with E-state index < -0.39 is 18.8 Å². The van der Waals surface area contributed by atoms with E-state index in [4.69, 9.17) is 4.74 Å². The molecule has 0 fully saturated rings. The molecular formula is C9H7BrF4O2. The van der Waals surface area contributed by atoms with Crippen LogP contribution in [0.15, 0.2) is 22.7 Å². The Kier molecular flexibility index (Phi) is 4.55. The van der Waals surface area contributed by atoms with Crippen LogP contribution < -0.4 is 4.74 Å². The van der Waals surface area contributed by atoms with Crippen LogP contribution in [0.5, 0.6) is 5.75 Å². The molecule has 0 amide bonds. The molecule has 0 atom stereocenters. The fourth-order valence-electron chi connectivity index (χ4n) is 0.897. The average molecular weight is 303 g/mol. The number of alkyl halides is 3. The summed E-state index contributed by atoms with van der Waals surface area (Å²) in [6, 6.07) is 3.92. The largest absolute Gasteiger partial charge is 0.522 e. The van der Waals surface area contributed by atoms with E-state index in [9.17, 15) is 17.6 Å². The molecule has 0 aliphatic carbocycles. The standard InChI is InChI=1S/C9H7BrF4O2/c10-6-1-2-7(11)8(5-6)15-3-4-16-9(12,13)14/h1-2,5H,3-4H2. The minimum absolute atomic E-state index is 0.125. The smallest absolute Gasteiger partial charge is 0.488 e. The van der Waals surface area contributed by atoms with Crippen molar-refractivity contribution in [2.45, 2.75) is 6.36 Å². The molecule has 90 valence electrons. The molecule has 0 spiro atoms. The molecule has 7 heteroatoms. The zero-order valence-corrected chi connectivity index (χ0v) is 9.44. The van der Waals surface area contributed by atoms with Crippen molar-refractivity contribution < 1.29 is 27.0 Å². The van der Waals surface area contributed by atoms with Crippen LogP contribution in [-0.4, -0.2) is 19.6 Å². The molecule has 0 N–H and O–H groups in total. The molecule has 0 saturated heterocycles. The van der Waals surface area contributed by atoms with Gasteiger partial charge in [0.2, 0.25) is 0 Å². The molecule has 1 aromatic rings. The molecule has 2 nitrogen and oxygen atoms in total. The van der Waals surface area contributed by atoms with Gasteiger partial charge in [-0.25, -0.2) is 4.39 Å². The predicted octanol–water partition coefficient (Wildman–Crippen LogP) is 3.50. The van der Waals surface area contributed by atoms with Crippen LogP contribution in [0.2, 0.25) is 0 Å². The number of rotatable bonds is 4. The highest BCUT2D eigenvalue weighted by atomic mass is 79.9. The molecule has 0 aromatic heterocycles. The number of ether oxygens (including phenoxy) is 2. The van der Waals surface area contributed by atoms with Gasteiger partial charge in [-0.3, -0.25) is 4.74 Å². The third-order valence-corrected chi connectivity index (χ3v) is 1.99. The van der Waals surface area contributed by atoms with Crippen LogP contribution in [0.1, 0.15) is 0 Å². The molecule has 16 heavy (non-hydrogen) atoms. The van der Waals surface area contributed by atoms with Gasteiger partial charge in [0, 0.05) is 4.47 Å². The zero-order valence-electron chi connectivity index (χ0n) is 7.85. The van der Waals surface area contributed by atoms with Crippen LogP contribution in [0.3, 0.4) is 0 Å². The molecule has 0 heterocycles. The molecule has 1 rings (SSSR count). The monoisotopic (exact) mass is 302 g/mol. The molecule has 0 aliphatic rings. The third kappa shape index (κ3) is 4.80. The van der Waals surface area contributed by atoms with Gasteiger partial charge in [-0.1, -0.05) is 15.9 Å². The van der Waals surface area contributed by atoms with Crippen LogP contribution in [0.4, 0.5) is 17.6 Å². The van der Waals surface area contributed by atoms with Gasteiger partial charge < -0.3 is 4.74 Å². The van der Waals surface area contributed by atoms with Crippen molar-refractivity contribution in [2.75, 3.05) is 13.2 Å². The summed E-state index contributed by atoms with van der Waals surface area (Å²) in [5.41, 5.74) is 0.